The molecule has 0 saturated heterocycles. The molecule has 2 rings (SSSR count). The predicted molar refractivity (Wildman–Crippen MR) is 57.1 cm³/mol. The van der Waals surface area contributed by atoms with Gasteiger partial charge < -0.3 is 16.2 Å². The van der Waals surface area contributed by atoms with Crippen molar-refractivity contribution in [3.63, 3.8) is 0 Å². The second-order valence-electron chi connectivity index (χ2n) is 3.75. The predicted octanol–water partition coefficient (Wildman–Crippen LogP) is 0.426. The zero-order valence-corrected chi connectivity index (χ0v) is 8.60. The van der Waals surface area contributed by atoms with Crippen molar-refractivity contribution in [3.05, 3.63) is 29.3 Å². The van der Waals surface area contributed by atoms with Crippen LogP contribution in [0.2, 0.25) is 0 Å². The van der Waals surface area contributed by atoms with Gasteiger partial charge in [-0.15, -0.1) is 0 Å². The van der Waals surface area contributed by atoms with Crippen molar-refractivity contribution in [2.24, 2.45) is 11.5 Å². The van der Waals surface area contributed by atoms with Crippen LogP contribution in [0.25, 0.3) is 0 Å². The fourth-order valence-electron chi connectivity index (χ4n) is 1.39. The molecule has 5 nitrogen and oxygen atoms in total. The second-order valence-corrected chi connectivity index (χ2v) is 3.75. The van der Waals surface area contributed by atoms with Gasteiger partial charge in [0.2, 0.25) is 11.8 Å². The molecule has 16 heavy (non-hydrogen) atoms. The number of carbonyl (C=O) groups is 2. The summed E-state index contributed by atoms with van der Waals surface area (Å²) in [5.41, 5.74) is 10.5. The summed E-state index contributed by atoms with van der Waals surface area (Å²) < 4.78 is 5.49. The van der Waals surface area contributed by atoms with Gasteiger partial charge in [-0.3, -0.25) is 9.59 Å². The minimum absolute atomic E-state index is 0.102. The summed E-state index contributed by atoms with van der Waals surface area (Å²) >= 11 is 0. The smallest absolute Gasteiger partial charge is 0.249 e. The maximum absolute atomic E-state index is 11.1. The Kier molecular flexibility index (Phi) is 2.52. The van der Waals surface area contributed by atoms with Gasteiger partial charge >= 0.3 is 0 Å². The van der Waals surface area contributed by atoms with Crippen LogP contribution in [0.4, 0.5) is 0 Å². The molecule has 0 bridgehead atoms. The van der Waals surface area contributed by atoms with E-state index in [1.807, 2.05) is 0 Å². The molecule has 84 valence electrons. The zero-order chi connectivity index (χ0) is 11.7. The monoisotopic (exact) mass is 220 g/mol. The molecule has 2 amide bonds. The van der Waals surface area contributed by atoms with Crippen LogP contribution < -0.4 is 16.2 Å². The molecule has 1 aliphatic carbocycles. The Balaban J connectivity index is 2.34. The molecule has 1 saturated carbocycles. The summed E-state index contributed by atoms with van der Waals surface area (Å²) in [6.45, 7) is 0. The van der Waals surface area contributed by atoms with E-state index >= 15 is 0 Å². The van der Waals surface area contributed by atoms with Gasteiger partial charge in [-0.25, -0.2) is 0 Å². The molecule has 1 aromatic carbocycles. The standard InChI is InChI=1S/C11H12N2O3/c12-10(14)8-4-3-7(16-6-1-2-6)5-9(8)11(13)15/h3-6H,1-2H2,(H2,12,14)(H2,13,15). The number of hydrogen-bond donors (Lipinski definition) is 2. The van der Waals surface area contributed by atoms with Gasteiger partial charge in [0.25, 0.3) is 0 Å². The van der Waals surface area contributed by atoms with Crippen molar-refractivity contribution >= 4 is 11.8 Å². The number of primary amides is 2. The number of amides is 2. The highest BCUT2D eigenvalue weighted by Gasteiger charge is 2.24. The van der Waals surface area contributed by atoms with E-state index in [1.54, 1.807) is 6.07 Å². The lowest BCUT2D eigenvalue weighted by Gasteiger charge is -2.08. The Labute approximate surface area is 92.4 Å². The lowest BCUT2D eigenvalue weighted by molar-refractivity contribution is 0.0967. The van der Waals surface area contributed by atoms with Gasteiger partial charge in [-0.1, -0.05) is 0 Å². The Morgan fingerprint density at radius 3 is 2.25 bits per heavy atom. The van der Waals surface area contributed by atoms with E-state index < -0.39 is 11.8 Å². The van der Waals surface area contributed by atoms with Crippen molar-refractivity contribution in [2.45, 2.75) is 18.9 Å². The highest BCUT2D eigenvalue weighted by molar-refractivity contribution is 6.06. The molecule has 0 spiro atoms. The van der Waals surface area contributed by atoms with Crippen LogP contribution in [-0.2, 0) is 0 Å². The quantitative estimate of drug-likeness (QED) is 0.769. The Morgan fingerprint density at radius 2 is 1.75 bits per heavy atom. The van der Waals surface area contributed by atoms with Crippen LogP contribution in [0.3, 0.4) is 0 Å². The van der Waals surface area contributed by atoms with Gasteiger partial charge in [0.05, 0.1) is 17.2 Å². The van der Waals surface area contributed by atoms with Crippen molar-refractivity contribution in [3.8, 4) is 5.75 Å². The molecule has 0 aliphatic heterocycles. The van der Waals surface area contributed by atoms with Crippen molar-refractivity contribution in [1.82, 2.24) is 0 Å². The summed E-state index contributed by atoms with van der Waals surface area (Å²) in [5.74, 6) is -0.817. The minimum Gasteiger partial charge on any atom is -0.490 e. The summed E-state index contributed by atoms with van der Waals surface area (Å²) in [6, 6.07) is 4.53. The number of rotatable bonds is 4. The van der Waals surface area contributed by atoms with Crippen LogP contribution in [0.5, 0.6) is 5.75 Å². The normalized spacial score (nSPS) is 14.5. The third-order valence-electron chi connectivity index (χ3n) is 2.35. The SMILES string of the molecule is NC(=O)c1ccc(OC2CC2)cc1C(N)=O. The van der Waals surface area contributed by atoms with Crippen molar-refractivity contribution in [2.75, 3.05) is 0 Å². The van der Waals surface area contributed by atoms with Gasteiger partial charge in [0.1, 0.15) is 5.75 Å². The lowest BCUT2D eigenvalue weighted by Crippen LogP contribution is -2.20. The fourth-order valence-corrected chi connectivity index (χ4v) is 1.39. The molecular formula is C11H12N2O3. The highest BCUT2D eigenvalue weighted by atomic mass is 16.5. The first-order chi connectivity index (χ1) is 7.58. The molecule has 1 aromatic rings. The number of benzene rings is 1. The minimum atomic E-state index is -0.685. The number of nitrogens with two attached hydrogens (primary N) is 2. The van der Waals surface area contributed by atoms with Crippen LogP contribution in [0.1, 0.15) is 33.6 Å². The molecule has 0 heterocycles. The molecule has 1 aliphatic rings. The third kappa shape index (κ3) is 2.13. The van der Waals surface area contributed by atoms with Gasteiger partial charge in [-0.05, 0) is 31.0 Å². The third-order valence-corrected chi connectivity index (χ3v) is 2.35. The van der Waals surface area contributed by atoms with Crippen molar-refractivity contribution in [1.29, 1.82) is 0 Å². The maximum Gasteiger partial charge on any atom is 0.249 e. The maximum atomic E-state index is 11.1. The summed E-state index contributed by atoms with van der Waals surface area (Å²) in [4.78, 5) is 22.2. The zero-order valence-electron chi connectivity index (χ0n) is 8.60. The van der Waals surface area contributed by atoms with Crippen LogP contribution in [-0.4, -0.2) is 17.9 Å². The molecule has 0 atom stereocenters. The molecule has 5 heteroatoms. The van der Waals surface area contributed by atoms with Gasteiger partial charge in [-0.2, -0.15) is 0 Å². The highest BCUT2D eigenvalue weighted by Crippen LogP contribution is 2.27. The Bertz CT molecular complexity index is 453. The van der Waals surface area contributed by atoms with Gasteiger partial charge in [0, 0.05) is 0 Å². The van der Waals surface area contributed by atoms with E-state index in [0.29, 0.717) is 5.75 Å². The second kappa shape index (κ2) is 3.84. The van der Waals surface area contributed by atoms with Crippen LogP contribution in [0.15, 0.2) is 18.2 Å². The largest absolute Gasteiger partial charge is 0.490 e. The van der Waals surface area contributed by atoms with E-state index in [9.17, 15) is 9.59 Å². The van der Waals surface area contributed by atoms with Crippen LogP contribution >= 0.6 is 0 Å². The summed E-state index contributed by atoms with van der Waals surface area (Å²) in [5, 5.41) is 0. The Hall–Kier alpha value is -2.04. The van der Waals surface area contributed by atoms with E-state index in [-0.39, 0.29) is 17.2 Å². The molecule has 0 unspecified atom stereocenters. The first-order valence-electron chi connectivity index (χ1n) is 4.98. The van der Waals surface area contributed by atoms with Gasteiger partial charge in [0.15, 0.2) is 0 Å². The molecular weight excluding hydrogens is 208 g/mol. The summed E-state index contributed by atoms with van der Waals surface area (Å²) in [7, 11) is 0. The lowest BCUT2D eigenvalue weighted by atomic mass is 10.1. The molecule has 4 N–H and O–H groups in total. The number of carbonyl (C=O) groups excluding carboxylic acids is 2. The van der Waals surface area contributed by atoms with Crippen LogP contribution in [0, 0.1) is 0 Å². The first-order valence-corrected chi connectivity index (χ1v) is 4.98. The fraction of sp³-hybridized carbons (Fsp3) is 0.273. The Morgan fingerprint density at radius 1 is 1.12 bits per heavy atom. The summed E-state index contributed by atoms with van der Waals surface area (Å²) in [6.07, 6.45) is 2.26. The topological polar surface area (TPSA) is 95.4 Å². The van der Waals surface area contributed by atoms with E-state index in [1.165, 1.54) is 12.1 Å². The van der Waals surface area contributed by atoms with E-state index in [2.05, 4.69) is 0 Å². The first kappa shape index (κ1) is 10.5. The van der Waals surface area contributed by atoms with Crippen molar-refractivity contribution < 1.29 is 14.3 Å². The van der Waals surface area contributed by atoms with E-state index in [0.717, 1.165) is 12.8 Å². The number of hydrogen-bond acceptors (Lipinski definition) is 3. The molecule has 1 fully saturated rings. The number of ether oxygens (including phenoxy) is 1. The molecule has 0 radical (unpaired) electrons. The average molecular weight is 220 g/mol. The van der Waals surface area contributed by atoms with E-state index in [4.69, 9.17) is 16.2 Å². The average Bonchev–Trinajstić information content (AvgIpc) is 3.01. The molecule has 0 aromatic heterocycles.